The highest BCUT2D eigenvalue weighted by atomic mass is 16.7. The summed E-state index contributed by atoms with van der Waals surface area (Å²) in [5.41, 5.74) is 4.17. The Balaban J connectivity index is 1.89. The molecule has 0 radical (unpaired) electrons. The molecule has 1 aromatic carbocycles. The normalized spacial score (nSPS) is 20.6. The van der Waals surface area contributed by atoms with E-state index in [1.54, 1.807) is 13.0 Å². The summed E-state index contributed by atoms with van der Waals surface area (Å²) in [6.45, 7) is 5.04. The summed E-state index contributed by atoms with van der Waals surface area (Å²) in [5.74, 6) is -0.423. The Morgan fingerprint density at radius 1 is 1.19 bits per heavy atom. The summed E-state index contributed by atoms with van der Waals surface area (Å²) in [6.07, 6.45) is 4.62. The lowest BCUT2D eigenvalue weighted by Gasteiger charge is -2.31. The zero-order chi connectivity index (χ0) is 15.0. The van der Waals surface area contributed by atoms with E-state index in [2.05, 4.69) is 6.08 Å². The van der Waals surface area contributed by atoms with Gasteiger partial charge in [0.15, 0.2) is 5.79 Å². The van der Waals surface area contributed by atoms with E-state index in [0.29, 0.717) is 18.8 Å². The first-order chi connectivity index (χ1) is 10.0. The third-order valence-corrected chi connectivity index (χ3v) is 4.33. The number of ether oxygens (including phenoxy) is 2. The lowest BCUT2D eigenvalue weighted by Crippen LogP contribution is -2.31. The van der Waals surface area contributed by atoms with Crippen LogP contribution in [-0.4, -0.2) is 23.9 Å². The van der Waals surface area contributed by atoms with Gasteiger partial charge in [-0.2, -0.15) is 0 Å². The fraction of sp³-hybridized carbons (Fsp3) is 0.500. The quantitative estimate of drug-likeness (QED) is 0.617. The van der Waals surface area contributed by atoms with Crippen molar-refractivity contribution in [2.24, 2.45) is 0 Å². The van der Waals surface area contributed by atoms with Gasteiger partial charge in [-0.05, 0) is 43.0 Å². The van der Waals surface area contributed by atoms with Crippen molar-refractivity contribution in [3.05, 3.63) is 45.0 Å². The van der Waals surface area contributed by atoms with Crippen LogP contribution in [0.1, 0.15) is 36.0 Å². The van der Waals surface area contributed by atoms with E-state index in [0.717, 1.165) is 30.4 Å². The number of benzene rings is 1. The standard InChI is InChI=1S/C16H19NO4/c1-11-10-15(17(18)19)12(2)9-14(11)13-3-5-16(6-4-13)20-7-8-21-16/h3,9-10H,4-8H2,1-2H3. The molecule has 0 bridgehead atoms. The Morgan fingerprint density at radius 3 is 2.48 bits per heavy atom. The highest BCUT2D eigenvalue weighted by Gasteiger charge is 2.37. The number of hydrogen-bond acceptors (Lipinski definition) is 4. The maximum Gasteiger partial charge on any atom is 0.272 e. The van der Waals surface area contributed by atoms with E-state index >= 15 is 0 Å². The van der Waals surface area contributed by atoms with Crippen molar-refractivity contribution in [2.45, 2.75) is 38.9 Å². The molecule has 0 N–H and O–H groups in total. The molecule has 1 aliphatic heterocycles. The fourth-order valence-electron chi connectivity index (χ4n) is 3.16. The van der Waals surface area contributed by atoms with Gasteiger partial charge in [-0.3, -0.25) is 10.1 Å². The highest BCUT2D eigenvalue weighted by Crippen LogP contribution is 2.39. The molecule has 1 aromatic rings. The minimum atomic E-state index is -0.423. The van der Waals surface area contributed by atoms with Gasteiger partial charge in [-0.25, -0.2) is 0 Å². The number of rotatable bonds is 2. The van der Waals surface area contributed by atoms with Crippen LogP contribution in [-0.2, 0) is 9.47 Å². The minimum absolute atomic E-state index is 0.187. The highest BCUT2D eigenvalue weighted by molar-refractivity contribution is 5.71. The van der Waals surface area contributed by atoms with Crippen molar-refractivity contribution in [3.63, 3.8) is 0 Å². The van der Waals surface area contributed by atoms with Gasteiger partial charge in [-0.15, -0.1) is 0 Å². The second-order valence-electron chi connectivity index (χ2n) is 5.75. The van der Waals surface area contributed by atoms with Crippen molar-refractivity contribution in [1.82, 2.24) is 0 Å². The van der Waals surface area contributed by atoms with Crippen molar-refractivity contribution in [1.29, 1.82) is 0 Å². The molecule has 0 unspecified atom stereocenters. The zero-order valence-corrected chi connectivity index (χ0v) is 12.3. The molecule has 0 saturated carbocycles. The van der Waals surface area contributed by atoms with E-state index < -0.39 is 5.79 Å². The summed E-state index contributed by atoms with van der Waals surface area (Å²) >= 11 is 0. The predicted octanol–water partition coefficient (Wildman–Crippen LogP) is 3.52. The molecule has 1 spiro atoms. The van der Waals surface area contributed by atoms with Gasteiger partial charge < -0.3 is 9.47 Å². The van der Waals surface area contributed by atoms with Crippen LogP contribution in [0.25, 0.3) is 5.57 Å². The van der Waals surface area contributed by atoms with E-state index in [-0.39, 0.29) is 10.6 Å². The monoisotopic (exact) mass is 289 g/mol. The van der Waals surface area contributed by atoms with Crippen molar-refractivity contribution in [2.75, 3.05) is 13.2 Å². The van der Waals surface area contributed by atoms with Gasteiger partial charge in [0.05, 0.1) is 18.1 Å². The van der Waals surface area contributed by atoms with Crippen LogP contribution in [0, 0.1) is 24.0 Å². The van der Waals surface area contributed by atoms with Crippen molar-refractivity contribution in [3.8, 4) is 0 Å². The van der Waals surface area contributed by atoms with Gasteiger partial charge >= 0.3 is 0 Å². The number of hydrogen-bond donors (Lipinski definition) is 0. The zero-order valence-electron chi connectivity index (χ0n) is 12.3. The van der Waals surface area contributed by atoms with Crippen LogP contribution >= 0.6 is 0 Å². The number of allylic oxidation sites excluding steroid dienone is 1. The largest absolute Gasteiger partial charge is 0.347 e. The predicted molar refractivity (Wildman–Crippen MR) is 79.0 cm³/mol. The van der Waals surface area contributed by atoms with Crippen LogP contribution in [0.4, 0.5) is 5.69 Å². The average molecular weight is 289 g/mol. The molecule has 1 fully saturated rings. The third kappa shape index (κ3) is 2.59. The van der Waals surface area contributed by atoms with E-state index in [9.17, 15) is 10.1 Å². The van der Waals surface area contributed by atoms with Crippen molar-refractivity contribution < 1.29 is 14.4 Å². The van der Waals surface area contributed by atoms with Crippen LogP contribution in [0.5, 0.6) is 0 Å². The molecule has 1 aliphatic carbocycles. The molecule has 112 valence electrons. The van der Waals surface area contributed by atoms with Crippen molar-refractivity contribution >= 4 is 11.3 Å². The smallest absolute Gasteiger partial charge is 0.272 e. The van der Waals surface area contributed by atoms with Gasteiger partial charge in [0.1, 0.15) is 0 Å². The molecular formula is C16H19NO4. The topological polar surface area (TPSA) is 61.6 Å². The van der Waals surface area contributed by atoms with E-state index in [4.69, 9.17) is 9.47 Å². The van der Waals surface area contributed by atoms with Gasteiger partial charge in [0.2, 0.25) is 0 Å². The summed E-state index contributed by atoms with van der Waals surface area (Å²) < 4.78 is 11.4. The molecule has 21 heavy (non-hydrogen) atoms. The average Bonchev–Trinajstić information content (AvgIpc) is 2.90. The number of nitro groups is 1. The molecule has 3 rings (SSSR count). The second-order valence-corrected chi connectivity index (χ2v) is 5.75. The van der Waals surface area contributed by atoms with E-state index in [1.807, 2.05) is 13.0 Å². The van der Waals surface area contributed by atoms with Gasteiger partial charge in [0, 0.05) is 24.5 Å². The number of nitrogens with zero attached hydrogens (tertiary/aromatic N) is 1. The minimum Gasteiger partial charge on any atom is -0.347 e. The van der Waals surface area contributed by atoms with Crippen LogP contribution in [0.2, 0.25) is 0 Å². The molecule has 1 saturated heterocycles. The van der Waals surface area contributed by atoms with Crippen LogP contribution < -0.4 is 0 Å². The molecule has 0 aromatic heterocycles. The van der Waals surface area contributed by atoms with Gasteiger partial charge in [-0.1, -0.05) is 6.08 Å². The lowest BCUT2D eigenvalue weighted by atomic mass is 9.87. The fourth-order valence-corrected chi connectivity index (χ4v) is 3.16. The first-order valence-electron chi connectivity index (χ1n) is 7.24. The number of nitro benzene ring substituents is 1. The molecule has 0 amide bonds. The second kappa shape index (κ2) is 5.24. The maximum atomic E-state index is 11.0. The summed E-state index contributed by atoms with van der Waals surface area (Å²) in [5, 5.41) is 11.0. The molecule has 2 aliphatic rings. The summed E-state index contributed by atoms with van der Waals surface area (Å²) in [6, 6.07) is 3.59. The Morgan fingerprint density at radius 2 is 1.90 bits per heavy atom. The Bertz CT molecular complexity index is 615. The maximum absolute atomic E-state index is 11.0. The summed E-state index contributed by atoms with van der Waals surface area (Å²) in [4.78, 5) is 10.7. The Hall–Kier alpha value is -1.72. The Labute approximate surface area is 123 Å². The first-order valence-corrected chi connectivity index (χ1v) is 7.24. The number of aryl methyl sites for hydroxylation is 2. The first kappa shape index (κ1) is 14.2. The molecule has 0 atom stereocenters. The lowest BCUT2D eigenvalue weighted by molar-refractivity contribution is -0.385. The molecule has 5 nitrogen and oxygen atoms in total. The third-order valence-electron chi connectivity index (χ3n) is 4.33. The van der Waals surface area contributed by atoms with Crippen LogP contribution in [0.15, 0.2) is 18.2 Å². The SMILES string of the molecule is Cc1cc([N+](=O)[O-])c(C)cc1C1=CCC2(CC1)OCCO2. The van der Waals surface area contributed by atoms with E-state index in [1.165, 1.54) is 5.57 Å². The molecule has 5 heteroatoms. The Kier molecular flexibility index (Phi) is 3.55. The summed E-state index contributed by atoms with van der Waals surface area (Å²) in [7, 11) is 0. The van der Waals surface area contributed by atoms with Gasteiger partial charge in [0.25, 0.3) is 5.69 Å². The molecule has 1 heterocycles. The molecular weight excluding hydrogens is 270 g/mol. The van der Waals surface area contributed by atoms with Crippen LogP contribution in [0.3, 0.4) is 0 Å².